The monoisotopic (exact) mass is 212 g/mol. The van der Waals surface area contributed by atoms with Gasteiger partial charge < -0.3 is 10.2 Å². The first-order chi connectivity index (χ1) is 5.27. The van der Waals surface area contributed by atoms with Gasteiger partial charge in [0.15, 0.2) is 12.0 Å². The molecule has 0 aliphatic carbocycles. The van der Waals surface area contributed by atoms with Crippen molar-refractivity contribution in [2.45, 2.75) is 0 Å². The molecule has 0 atom stereocenters. The van der Waals surface area contributed by atoms with Gasteiger partial charge in [0.2, 0.25) is 0 Å². The molecule has 56 valence electrons. The topological polar surface area (TPSA) is 52.0 Å². The molecule has 0 aliphatic heterocycles. The van der Waals surface area contributed by atoms with E-state index >= 15 is 0 Å². The summed E-state index contributed by atoms with van der Waals surface area (Å²) in [7, 11) is 0. The lowest BCUT2D eigenvalue weighted by Crippen LogP contribution is -1.84. The molecule has 2 N–H and O–H groups in total. The number of hydrogen-bond donors (Lipinski definition) is 1. The maximum atomic E-state index is 5.64. The molecule has 0 aliphatic rings. The third-order valence-electron chi connectivity index (χ3n) is 1.43. The summed E-state index contributed by atoms with van der Waals surface area (Å²) in [6.07, 6.45) is 1.38. The smallest absolute Gasteiger partial charge is 0.182 e. The first-order valence-electron chi connectivity index (χ1n) is 3.05. The second kappa shape index (κ2) is 2.23. The van der Waals surface area contributed by atoms with Crippen molar-refractivity contribution in [2.75, 3.05) is 5.73 Å². The highest BCUT2D eigenvalue weighted by Crippen LogP contribution is 2.24. The van der Waals surface area contributed by atoms with Crippen molar-refractivity contribution in [1.29, 1.82) is 0 Å². The van der Waals surface area contributed by atoms with Crippen LogP contribution in [0, 0.1) is 0 Å². The fourth-order valence-electron chi connectivity index (χ4n) is 0.960. The molecule has 0 saturated carbocycles. The maximum Gasteiger partial charge on any atom is 0.182 e. The van der Waals surface area contributed by atoms with Gasteiger partial charge in [-0.1, -0.05) is 15.9 Å². The number of nitrogens with two attached hydrogens (primary N) is 1. The average Bonchev–Trinajstić information content (AvgIpc) is 2.34. The highest BCUT2D eigenvalue weighted by atomic mass is 79.9. The first kappa shape index (κ1) is 6.67. The summed E-state index contributed by atoms with van der Waals surface area (Å²) in [6, 6.07) is 3.64. The van der Waals surface area contributed by atoms with E-state index in [4.69, 9.17) is 10.2 Å². The number of fused-ring (bicyclic) bond motifs is 1. The number of halogens is 1. The third-order valence-corrected chi connectivity index (χ3v) is 1.88. The van der Waals surface area contributed by atoms with Gasteiger partial charge in [-0.2, -0.15) is 0 Å². The Morgan fingerprint density at radius 3 is 3.09 bits per heavy atom. The lowest BCUT2D eigenvalue weighted by atomic mass is 10.3. The Labute approximate surface area is 71.3 Å². The predicted octanol–water partition coefficient (Wildman–Crippen LogP) is 2.17. The Morgan fingerprint density at radius 1 is 1.45 bits per heavy atom. The molecule has 0 saturated heterocycles. The molecule has 1 aromatic heterocycles. The van der Waals surface area contributed by atoms with E-state index < -0.39 is 0 Å². The molecule has 0 bridgehead atoms. The zero-order chi connectivity index (χ0) is 7.84. The van der Waals surface area contributed by atoms with Crippen molar-refractivity contribution < 1.29 is 4.42 Å². The van der Waals surface area contributed by atoms with Crippen LogP contribution < -0.4 is 5.73 Å². The minimum atomic E-state index is 0.604. The van der Waals surface area contributed by atoms with Crippen LogP contribution >= 0.6 is 15.9 Å². The van der Waals surface area contributed by atoms with Crippen LogP contribution in [-0.2, 0) is 0 Å². The van der Waals surface area contributed by atoms with Gasteiger partial charge in [-0.05, 0) is 12.1 Å². The molecule has 0 amide bonds. The highest BCUT2D eigenvalue weighted by molar-refractivity contribution is 9.10. The van der Waals surface area contributed by atoms with Gasteiger partial charge in [0.1, 0.15) is 5.52 Å². The minimum absolute atomic E-state index is 0.604. The van der Waals surface area contributed by atoms with Crippen molar-refractivity contribution >= 4 is 32.7 Å². The largest absolute Gasteiger partial charge is 0.441 e. The molecule has 2 rings (SSSR count). The summed E-state index contributed by atoms with van der Waals surface area (Å²) in [5, 5.41) is 0. The van der Waals surface area contributed by atoms with Crippen LogP contribution in [0.3, 0.4) is 0 Å². The standard InChI is InChI=1S/C7H5BrN2O/c8-4-1-5(9)7-6(2-4)10-3-11-7/h1-3H,9H2. The first-order valence-corrected chi connectivity index (χ1v) is 3.85. The molecule has 1 heterocycles. The van der Waals surface area contributed by atoms with Gasteiger partial charge in [0.25, 0.3) is 0 Å². The zero-order valence-electron chi connectivity index (χ0n) is 5.54. The van der Waals surface area contributed by atoms with E-state index in [2.05, 4.69) is 20.9 Å². The van der Waals surface area contributed by atoms with Crippen LogP contribution in [-0.4, -0.2) is 4.98 Å². The fourth-order valence-corrected chi connectivity index (χ4v) is 1.42. The van der Waals surface area contributed by atoms with Crippen molar-refractivity contribution in [2.24, 2.45) is 0 Å². The lowest BCUT2D eigenvalue weighted by molar-refractivity contribution is 0.603. The molecule has 0 spiro atoms. The van der Waals surface area contributed by atoms with E-state index in [-0.39, 0.29) is 0 Å². The van der Waals surface area contributed by atoms with Gasteiger partial charge >= 0.3 is 0 Å². The number of oxazole rings is 1. The Kier molecular flexibility index (Phi) is 1.35. The molecule has 0 unspecified atom stereocenters. The summed E-state index contributed by atoms with van der Waals surface area (Å²) >= 11 is 3.31. The van der Waals surface area contributed by atoms with Gasteiger partial charge in [-0.15, -0.1) is 0 Å². The van der Waals surface area contributed by atoms with Crippen molar-refractivity contribution in [3.63, 3.8) is 0 Å². The van der Waals surface area contributed by atoms with Crippen LogP contribution in [0.15, 0.2) is 27.4 Å². The zero-order valence-corrected chi connectivity index (χ0v) is 7.13. The average molecular weight is 213 g/mol. The normalized spacial score (nSPS) is 10.6. The molecule has 4 heteroatoms. The van der Waals surface area contributed by atoms with Crippen molar-refractivity contribution in [3.05, 3.63) is 23.0 Å². The van der Waals surface area contributed by atoms with Gasteiger partial charge in [0.05, 0.1) is 5.69 Å². The molecule has 3 nitrogen and oxygen atoms in total. The predicted molar refractivity (Wildman–Crippen MR) is 46.1 cm³/mol. The van der Waals surface area contributed by atoms with Crippen LogP contribution in [0.2, 0.25) is 0 Å². The quantitative estimate of drug-likeness (QED) is 0.682. The SMILES string of the molecule is Nc1cc(Br)cc2ncoc12. The lowest BCUT2D eigenvalue weighted by Gasteiger charge is -1.93. The van der Waals surface area contributed by atoms with Crippen LogP contribution in [0.25, 0.3) is 11.1 Å². The Hall–Kier alpha value is -1.03. The number of nitrogen functional groups attached to an aromatic ring is 1. The molecule has 2 aromatic rings. The van der Waals surface area contributed by atoms with E-state index in [0.29, 0.717) is 11.3 Å². The van der Waals surface area contributed by atoms with Crippen LogP contribution in [0.1, 0.15) is 0 Å². The van der Waals surface area contributed by atoms with E-state index in [1.807, 2.05) is 6.07 Å². The second-order valence-corrected chi connectivity index (χ2v) is 3.11. The summed E-state index contributed by atoms with van der Waals surface area (Å²) in [5.74, 6) is 0. The van der Waals surface area contributed by atoms with E-state index in [0.717, 1.165) is 9.99 Å². The molecule has 11 heavy (non-hydrogen) atoms. The molecule has 1 aromatic carbocycles. The fraction of sp³-hybridized carbons (Fsp3) is 0. The number of aromatic nitrogens is 1. The van der Waals surface area contributed by atoms with Crippen LogP contribution in [0.4, 0.5) is 5.69 Å². The molecular weight excluding hydrogens is 208 g/mol. The molecule has 0 fully saturated rings. The van der Waals surface area contributed by atoms with Gasteiger partial charge in [0, 0.05) is 4.47 Å². The summed E-state index contributed by atoms with van der Waals surface area (Å²) < 4.78 is 5.96. The van der Waals surface area contributed by atoms with E-state index in [1.165, 1.54) is 6.39 Å². The maximum absolute atomic E-state index is 5.64. The second-order valence-electron chi connectivity index (χ2n) is 2.20. The summed E-state index contributed by atoms with van der Waals surface area (Å²) in [5.41, 5.74) is 7.66. The van der Waals surface area contributed by atoms with E-state index in [1.54, 1.807) is 6.07 Å². The number of anilines is 1. The number of benzene rings is 1. The third kappa shape index (κ3) is 0.991. The minimum Gasteiger partial charge on any atom is -0.441 e. The van der Waals surface area contributed by atoms with Crippen molar-refractivity contribution in [1.82, 2.24) is 4.98 Å². The van der Waals surface area contributed by atoms with E-state index in [9.17, 15) is 0 Å². The summed E-state index contributed by atoms with van der Waals surface area (Å²) in [6.45, 7) is 0. The Morgan fingerprint density at radius 2 is 2.27 bits per heavy atom. The summed E-state index contributed by atoms with van der Waals surface area (Å²) in [4.78, 5) is 3.96. The Balaban J connectivity index is 2.91. The van der Waals surface area contributed by atoms with Crippen molar-refractivity contribution in [3.8, 4) is 0 Å². The van der Waals surface area contributed by atoms with Gasteiger partial charge in [-0.25, -0.2) is 4.98 Å². The number of hydrogen-bond acceptors (Lipinski definition) is 3. The Bertz CT molecular complexity index is 396. The van der Waals surface area contributed by atoms with Gasteiger partial charge in [-0.3, -0.25) is 0 Å². The molecular formula is C7H5BrN2O. The molecule has 0 radical (unpaired) electrons. The number of nitrogens with zero attached hydrogens (tertiary/aromatic N) is 1. The number of rotatable bonds is 0. The van der Waals surface area contributed by atoms with Crippen LogP contribution in [0.5, 0.6) is 0 Å². The highest BCUT2D eigenvalue weighted by Gasteiger charge is 2.02.